The van der Waals surface area contributed by atoms with E-state index in [0.717, 1.165) is 16.9 Å². The fourth-order valence-corrected chi connectivity index (χ4v) is 2.22. The second kappa shape index (κ2) is 2.46. The molecule has 3 heteroatoms. The van der Waals surface area contributed by atoms with Gasteiger partial charge in [-0.05, 0) is 13.8 Å². The van der Waals surface area contributed by atoms with Crippen LogP contribution in [0.15, 0.2) is 0 Å². The van der Waals surface area contributed by atoms with Crippen molar-refractivity contribution >= 4 is 5.71 Å². The van der Waals surface area contributed by atoms with Gasteiger partial charge in [-0.1, -0.05) is 6.92 Å². The summed E-state index contributed by atoms with van der Waals surface area (Å²) in [5.74, 6) is 0. The van der Waals surface area contributed by atoms with Crippen LogP contribution in [0.3, 0.4) is 0 Å². The highest BCUT2D eigenvalue weighted by molar-refractivity contribution is 5.86. The van der Waals surface area contributed by atoms with Crippen LogP contribution in [-0.4, -0.2) is 26.5 Å². The van der Waals surface area contributed by atoms with Crippen LogP contribution in [0.5, 0.6) is 0 Å². The summed E-state index contributed by atoms with van der Waals surface area (Å²) in [6.07, 6.45) is 1.36. The van der Waals surface area contributed by atoms with Crippen LogP contribution < -0.4 is 0 Å². The van der Waals surface area contributed by atoms with E-state index in [4.69, 9.17) is 0 Å². The Hall–Kier alpha value is -0.570. The molecule has 0 bridgehead atoms. The first-order valence-corrected chi connectivity index (χ1v) is 4.39. The summed E-state index contributed by atoms with van der Waals surface area (Å²) in [4.78, 5) is 0. The van der Waals surface area contributed by atoms with Gasteiger partial charge in [0.2, 0.25) is 5.71 Å². The van der Waals surface area contributed by atoms with Gasteiger partial charge in [0.1, 0.15) is 0 Å². The molecule has 0 aromatic rings. The number of hydroxylamine groups is 1. The van der Waals surface area contributed by atoms with E-state index in [9.17, 15) is 10.3 Å². The molecular formula is C9H18NO2+. The lowest BCUT2D eigenvalue weighted by Gasteiger charge is -2.14. The van der Waals surface area contributed by atoms with Crippen molar-refractivity contribution in [3.05, 3.63) is 0 Å². The first-order valence-electron chi connectivity index (χ1n) is 4.39. The molecule has 0 aromatic carbocycles. The van der Waals surface area contributed by atoms with Gasteiger partial charge >= 0.3 is 5.72 Å². The molecule has 12 heavy (non-hydrogen) atoms. The maximum atomic E-state index is 9.76. The highest BCUT2D eigenvalue weighted by atomic mass is 16.5. The minimum absolute atomic E-state index is 0.0903. The molecule has 1 rings (SSSR count). The van der Waals surface area contributed by atoms with E-state index in [1.165, 1.54) is 0 Å². The summed E-state index contributed by atoms with van der Waals surface area (Å²) in [6, 6.07) is 0. The molecule has 1 unspecified atom stereocenters. The monoisotopic (exact) mass is 172 g/mol. The van der Waals surface area contributed by atoms with E-state index < -0.39 is 5.72 Å². The Morgan fingerprint density at radius 3 is 2.08 bits per heavy atom. The van der Waals surface area contributed by atoms with Gasteiger partial charge in [-0.15, -0.1) is 0 Å². The average molecular weight is 172 g/mol. The molecule has 0 spiro atoms. The van der Waals surface area contributed by atoms with Crippen molar-refractivity contribution in [2.24, 2.45) is 5.41 Å². The lowest BCUT2D eigenvalue weighted by molar-refractivity contribution is -0.847. The fraction of sp³-hybridized carbons (Fsp3) is 0.889. The van der Waals surface area contributed by atoms with E-state index in [0.29, 0.717) is 6.42 Å². The molecule has 3 nitrogen and oxygen atoms in total. The van der Waals surface area contributed by atoms with E-state index in [-0.39, 0.29) is 5.41 Å². The van der Waals surface area contributed by atoms with Gasteiger partial charge in [0.15, 0.2) is 0 Å². The van der Waals surface area contributed by atoms with Gasteiger partial charge in [-0.2, -0.15) is 0 Å². The molecule has 0 aliphatic carbocycles. The quantitative estimate of drug-likeness (QED) is 0.463. The van der Waals surface area contributed by atoms with Crippen molar-refractivity contribution < 1.29 is 15.1 Å². The van der Waals surface area contributed by atoms with Crippen LogP contribution in [0.25, 0.3) is 0 Å². The van der Waals surface area contributed by atoms with Crippen LogP contribution >= 0.6 is 0 Å². The second-order valence-electron chi connectivity index (χ2n) is 4.39. The topological polar surface area (TPSA) is 43.5 Å². The third kappa shape index (κ3) is 1.22. The second-order valence-corrected chi connectivity index (χ2v) is 4.39. The van der Waals surface area contributed by atoms with E-state index >= 15 is 0 Å². The lowest BCUT2D eigenvalue weighted by atomic mass is 9.83. The number of rotatable bonds is 1. The molecule has 70 valence electrons. The predicted octanol–water partition coefficient (Wildman–Crippen LogP) is 1.38. The van der Waals surface area contributed by atoms with Gasteiger partial charge in [0, 0.05) is 18.1 Å². The Balaban J connectivity index is 3.10. The van der Waals surface area contributed by atoms with E-state index in [2.05, 4.69) is 0 Å². The van der Waals surface area contributed by atoms with Gasteiger partial charge in [0.05, 0.1) is 11.8 Å². The van der Waals surface area contributed by atoms with Gasteiger partial charge < -0.3 is 5.11 Å². The van der Waals surface area contributed by atoms with Crippen molar-refractivity contribution in [1.29, 1.82) is 0 Å². The number of hydrogen-bond acceptors (Lipinski definition) is 2. The zero-order valence-corrected chi connectivity index (χ0v) is 8.26. The third-order valence-corrected chi connectivity index (χ3v) is 2.60. The Morgan fingerprint density at radius 1 is 1.42 bits per heavy atom. The van der Waals surface area contributed by atoms with Crippen LogP contribution in [0.1, 0.15) is 40.5 Å². The maximum Gasteiger partial charge on any atom is 0.310 e. The first-order chi connectivity index (χ1) is 5.31. The van der Waals surface area contributed by atoms with Crippen LogP contribution in [0, 0.1) is 5.41 Å². The minimum atomic E-state index is -1.09. The van der Waals surface area contributed by atoms with Crippen molar-refractivity contribution in [2.45, 2.75) is 46.3 Å². The summed E-state index contributed by atoms with van der Waals surface area (Å²) in [6.45, 7) is 7.70. The summed E-state index contributed by atoms with van der Waals surface area (Å²) in [7, 11) is 0. The summed E-state index contributed by atoms with van der Waals surface area (Å²) in [5.41, 5.74) is -0.269. The molecule has 0 saturated carbocycles. The van der Waals surface area contributed by atoms with Crippen LogP contribution in [-0.2, 0) is 0 Å². The average Bonchev–Trinajstić information content (AvgIpc) is 1.98. The smallest absolute Gasteiger partial charge is 0.310 e. The van der Waals surface area contributed by atoms with E-state index in [1.807, 2.05) is 20.8 Å². The Bertz CT molecular complexity index is 229. The highest BCUT2D eigenvalue weighted by Crippen LogP contribution is 2.37. The number of nitrogens with zero attached hydrogens (tertiary/aromatic N) is 1. The molecule has 1 atom stereocenters. The van der Waals surface area contributed by atoms with Crippen molar-refractivity contribution in [3.63, 3.8) is 0 Å². The first kappa shape index (κ1) is 9.52. The highest BCUT2D eigenvalue weighted by Gasteiger charge is 2.54. The van der Waals surface area contributed by atoms with Crippen molar-refractivity contribution in [3.8, 4) is 0 Å². The molecule has 0 radical (unpaired) electrons. The van der Waals surface area contributed by atoms with E-state index in [1.54, 1.807) is 6.92 Å². The third-order valence-electron chi connectivity index (χ3n) is 2.60. The Labute approximate surface area is 73.3 Å². The van der Waals surface area contributed by atoms with Crippen LogP contribution in [0.4, 0.5) is 0 Å². The zero-order valence-electron chi connectivity index (χ0n) is 8.26. The molecule has 1 aliphatic rings. The molecule has 2 N–H and O–H groups in total. The molecule has 0 aromatic heterocycles. The van der Waals surface area contributed by atoms with Gasteiger partial charge in [-0.25, -0.2) is 0 Å². The van der Waals surface area contributed by atoms with Gasteiger partial charge in [-0.3, -0.25) is 5.21 Å². The number of aliphatic hydroxyl groups is 1. The SMILES string of the molecule is CCC1=[N+](O)C(C)(O)CC1(C)C. The lowest BCUT2D eigenvalue weighted by Crippen LogP contribution is -2.34. The fourth-order valence-electron chi connectivity index (χ4n) is 2.22. The predicted molar refractivity (Wildman–Crippen MR) is 46.4 cm³/mol. The minimum Gasteiger partial charge on any atom is -0.331 e. The largest absolute Gasteiger partial charge is 0.331 e. The summed E-state index contributed by atoms with van der Waals surface area (Å²) in [5, 5.41) is 19.4. The molecule has 1 heterocycles. The van der Waals surface area contributed by atoms with Crippen molar-refractivity contribution in [2.75, 3.05) is 0 Å². The maximum absolute atomic E-state index is 9.76. The standard InChI is InChI=1S/C9H18NO2/c1-5-7-8(2,3)6-9(4,11)10(7)12/h11-12H,5-6H2,1-4H3/q+1. The molecule has 0 saturated heterocycles. The summed E-state index contributed by atoms with van der Waals surface area (Å²) >= 11 is 0. The molecular weight excluding hydrogens is 154 g/mol. The Morgan fingerprint density at radius 2 is 1.92 bits per heavy atom. The summed E-state index contributed by atoms with van der Waals surface area (Å²) < 4.78 is 1.02. The zero-order chi connectivity index (χ0) is 9.57. The molecule has 0 amide bonds. The molecule has 1 aliphatic heterocycles. The number of hydrogen-bond donors (Lipinski definition) is 2. The van der Waals surface area contributed by atoms with Crippen molar-refractivity contribution in [1.82, 2.24) is 0 Å². The molecule has 0 fully saturated rings. The van der Waals surface area contributed by atoms with Crippen LogP contribution in [0.2, 0.25) is 0 Å². The van der Waals surface area contributed by atoms with Gasteiger partial charge in [0.25, 0.3) is 0 Å². The Kier molecular flexibility index (Phi) is 1.95. The normalized spacial score (nSPS) is 34.4.